The van der Waals surface area contributed by atoms with Gasteiger partial charge in [-0.05, 0) is 31.9 Å². The number of nitrogen functional groups attached to an aromatic ring is 2. The van der Waals surface area contributed by atoms with Gasteiger partial charge in [-0.2, -0.15) is 0 Å². The van der Waals surface area contributed by atoms with Crippen LogP contribution in [-0.2, 0) is 0 Å². The third-order valence-corrected chi connectivity index (χ3v) is 3.89. The molecule has 0 bridgehead atoms. The highest BCUT2D eigenvalue weighted by Crippen LogP contribution is 2.48. The average Bonchev–Trinajstić information content (AvgIpc) is 2.20. The Hall–Kier alpha value is -0.620. The van der Waals surface area contributed by atoms with Crippen molar-refractivity contribution in [2.75, 3.05) is 25.7 Å². The number of anilines is 2. The Kier molecular flexibility index (Phi) is 3.49. The van der Waals surface area contributed by atoms with E-state index in [0.29, 0.717) is 31.8 Å². The molecule has 1 aromatic carbocycles. The van der Waals surface area contributed by atoms with Crippen molar-refractivity contribution in [3.05, 3.63) is 8.95 Å². The molecule has 14 heavy (non-hydrogen) atoms. The van der Waals surface area contributed by atoms with Crippen LogP contribution < -0.4 is 20.9 Å². The maximum absolute atomic E-state index is 5.76. The number of benzene rings is 1. The minimum absolute atomic E-state index is 0.361. The van der Waals surface area contributed by atoms with Gasteiger partial charge in [0.25, 0.3) is 0 Å². The summed E-state index contributed by atoms with van der Waals surface area (Å²) in [6.07, 6.45) is 0. The summed E-state index contributed by atoms with van der Waals surface area (Å²) in [5, 5.41) is 0. The lowest BCUT2D eigenvalue weighted by atomic mass is 10.2. The number of methoxy groups -OCH3 is 2. The van der Waals surface area contributed by atoms with Crippen LogP contribution in [0.1, 0.15) is 0 Å². The van der Waals surface area contributed by atoms with Crippen molar-refractivity contribution >= 4 is 43.2 Å². The molecule has 0 spiro atoms. The molecule has 0 radical (unpaired) electrons. The normalized spacial score (nSPS) is 10.0. The summed E-state index contributed by atoms with van der Waals surface area (Å²) >= 11 is 6.63. The van der Waals surface area contributed by atoms with E-state index in [-0.39, 0.29) is 0 Å². The zero-order chi connectivity index (χ0) is 10.9. The van der Waals surface area contributed by atoms with Gasteiger partial charge < -0.3 is 20.9 Å². The van der Waals surface area contributed by atoms with E-state index < -0.39 is 0 Å². The lowest BCUT2D eigenvalue weighted by molar-refractivity contribution is 0.354. The molecular formula is C8H10Br2N2O2. The molecule has 0 heterocycles. The van der Waals surface area contributed by atoms with Gasteiger partial charge in [-0.1, -0.05) is 0 Å². The Balaban J connectivity index is 3.57. The zero-order valence-electron chi connectivity index (χ0n) is 7.73. The fourth-order valence-electron chi connectivity index (χ4n) is 1.07. The van der Waals surface area contributed by atoms with Gasteiger partial charge >= 0.3 is 0 Å². The molecule has 0 aliphatic carbocycles. The molecule has 1 rings (SSSR count). The van der Waals surface area contributed by atoms with Crippen LogP contribution in [0.15, 0.2) is 8.95 Å². The Morgan fingerprint density at radius 2 is 1.36 bits per heavy atom. The number of rotatable bonds is 2. The third-order valence-electron chi connectivity index (χ3n) is 1.78. The molecule has 0 unspecified atom stereocenters. The van der Waals surface area contributed by atoms with Crippen LogP contribution >= 0.6 is 31.9 Å². The smallest absolute Gasteiger partial charge is 0.187 e. The lowest BCUT2D eigenvalue weighted by Crippen LogP contribution is -2.02. The van der Waals surface area contributed by atoms with Gasteiger partial charge in [-0.15, -0.1) is 0 Å². The van der Waals surface area contributed by atoms with Gasteiger partial charge in [0.2, 0.25) is 0 Å². The number of halogens is 2. The fourth-order valence-corrected chi connectivity index (χ4v) is 2.01. The highest BCUT2D eigenvalue weighted by Gasteiger charge is 2.19. The van der Waals surface area contributed by atoms with Gasteiger partial charge in [-0.3, -0.25) is 0 Å². The Labute approximate surface area is 98.8 Å². The standard InChI is InChI=1S/C8H10Br2N2O2/c1-13-7-4(10)3(9)5(11)6(12)8(7)14-2/h11-12H2,1-2H3. The van der Waals surface area contributed by atoms with Crippen LogP contribution in [0.2, 0.25) is 0 Å². The summed E-state index contributed by atoms with van der Waals surface area (Å²) in [6.45, 7) is 0. The van der Waals surface area contributed by atoms with E-state index >= 15 is 0 Å². The van der Waals surface area contributed by atoms with Crippen LogP contribution in [0.5, 0.6) is 11.5 Å². The maximum Gasteiger partial charge on any atom is 0.187 e. The van der Waals surface area contributed by atoms with Crippen LogP contribution in [0, 0.1) is 0 Å². The monoisotopic (exact) mass is 324 g/mol. The molecule has 78 valence electrons. The van der Waals surface area contributed by atoms with E-state index in [1.165, 1.54) is 14.2 Å². The fraction of sp³-hybridized carbons (Fsp3) is 0.250. The molecule has 0 aliphatic rings. The Bertz CT molecular complexity index is 334. The molecule has 6 heteroatoms. The molecule has 0 amide bonds. The van der Waals surface area contributed by atoms with Crippen LogP contribution in [-0.4, -0.2) is 14.2 Å². The van der Waals surface area contributed by atoms with Crippen molar-refractivity contribution in [2.24, 2.45) is 0 Å². The van der Waals surface area contributed by atoms with Crippen molar-refractivity contribution in [3.63, 3.8) is 0 Å². The second kappa shape index (κ2) is 4.27. The highest BCUT2D eigenvalue weighted by molar-refractivity contribution is 9.13. The Morgan fingerprint density at radius 3 is 1.79 bits per heavy atom. The minimum Gasteiger partial charge on any atom is -0.492 e. The van der Waals surface area contributed by atoms with Gasteiger partial charge in [0.1, 0.15) is 5.69 Å². The first-order valence-electron chi connectivity index (χ1n) is 3.68. The molecular weight excluding hydrogens is 316 g/mol. The topological polar surface area (TPSA) is 70.5 Å². The van der Waals surface area contributed by atoms with Crippen molar-refractivity contribution in [2.45, 2.75) is 0 Å². The third kappa shape index (κ3) is 1.64. The number of ether oxygens (including phenoxy) is 2. The molecule has 0 fully saturated rings. The van der Waals surface area contributed by atoms with E-state index in [4.69, 9.17) is 20.9 Å². The molecule has 0 aliphatic heterocycles. The van der Waals surface area contributed by atoms with Gasteiger partial charge in [0, 0.05) is 0 Å². The van der Waals surface area contributed by atoms with E-state index in [0.717, 1.165) is 0 Å². The minimum atomic E-state index is 0.361. The number of hydrogen-bond donors (Lipinski definition) is 2. The van der Waals surface area contributed by atoms with Crippen molar-refractivity contribution in [1.29, 1.82) is 0 Å². The second-order valence-electron chi connectivity index (χ2n) is 2.52. The maximum atomic E-state index is 5.76. The lowest BCUT2D eigenvalue weighted by Gasteiger charge is -2.15. The zero-order valence-corrected chi connectivity index (χ0v) is 10.9. The van der Waals surface area contributed by atoms with Gasteiger partial charge in [0.05, 0.1) is 28.9 Å². The molecule has 0 saturated heterocycles. The summed E-state index contributed by atoms with van der Waals surface area (Å²) in [4.78, 5) is 0. The molecule has 4 N–H and O–H groups in total. The first kappa shape index (κ1) is 11.5. The molecule has 0 atom stereocenters. The predicted octanol–water partition coefficient (Wildman–Crippen LogP) is 2.39. The summed E-state index contributed by atoms with van der Waals surface area (Å²) in [7, 11) is 3.04. The van der Waals surface area contributed by atoms with Crippen LogP contribution in [0.3, 0.4) is 0 Å². The summed E-state index contributed by atoms with van der Waals surface area (Å²) < 4.78 is 11.6. The van der Waals surface area contributed by atoms with Gasteiger partial charge in [-0.25, -0.2) is 0 Å². The molecule has 0 saturated carbocycles. The average molecular weight is 326 g/mol. The summed E-state index contributed by atoms with van der Waals surface area (Å²) in [5.41, 5.74) is 12.3. The van der Waals surface area contributed by atoms with E-state index in [9.17, 15) is 0 Å². The van der Waals surface area contributed by atoms with Crippen LogP contribution in [0.25, 0.3) is 0 Å². The first-order valence-corrected chi connectivity index (χ1v) is 5.27. The molecule has 4 nitrogen and oxygen atoms in total. The largest absolute Gasteiger partial charge is 0.492 e. The molecule has 1 aromatic rings. The van der Waals surface area contributed by atoms with Crippen molar-refractivity contribution < 1.29 is 9.47 Å². The SMILES string of the molecule is COc1c(N)c(N)c(Br)c(Br)c1OC. The van der Waals surface area contributed by atoms with Crippen molar-refractivity contribution in [3.8, 4) is 11.5 Å². The first-order chi connectivity index (χ1) is 6.54. The van der Waals surface area contributed by atoms with Crippen molar-refractivity contribution in [1.82, 2.24) is 0 Å². The van der Waals surface area contributed by atoms with E-state index in [2.05, 4.69) is 31.9 Å². The van der Waals surface area contributed by atoms with Gasteiger partial charge in [0.15, 0.2) is 11.5 Å². The van der Waals surface area contributed by atoms with Crippen LogP contribution in [0.4, 0.5) is 11.4 Å². The number of hydrogen-bond acceptors (Lipinski definition) is 4. The quantitative estimate of drug-likeness (QED) is 0.819. The summed E-state index contributed by atoms with van der Waals surface area (Å²) in [6, 6.07) is 0. The Morgan fingerprint density at radius 1 is 0.857 bits per heavy atom. The predicted molar refractivity (Wildman–Crippen MR) is 63.8 cm³/mol. The highest BCUT2D eigenvalue weighted by atomic mass is 79.9. The van der Waals surface area contributed by atoms with E-state index in [1.54, 1.807) is 0 Å². The number of nitrogens with two attached hydrogens (primary N) is 2. The summed E-state index contributed by atoms with van der Waals surface area (Å²) in [5.74, 6) is 0.950. The molecule has 0 aromatic heterocycles. The second-order valence-corrected chi connectivity index (χ2v) is 4.11. The van der Waals surface area contributed by atoms with E-state index in [1.807, 2.05) is 0 Å².